The number of aromatic amines is 1. The topological polar surface area (TPSA) is 41.6 Å². The fraction of sp³-hybridized carbons (Fsp3) is 0. The van der Waals surface area contributed by atoms with Crippen molar-refractivity contribution in [2.45, 2.75) is 0 Å². The number of hydrogen-bond donors (Lipinski definition) is 1. The van der Waals surface area contributed by atoms with E-state index < -0.39 is 0 Å². The molecule has 0 unspecified atom stereocenters. The Bertz CT molecular complexity index is 715. The first-order chi connectivity index (χ1) is 9.83. The standard InChI is InChI=1S/C16H12FN3/c17-15-7-5-13(6-8-15)16-14(11-19-20-16)4-3-12-2-1-9-18-10-12/h1-11H,(H,19,20)/b4-3+. The third-order valence-corrected chi connectivity index (χ3v) is 2.94. The molecule has 0 atom stereocenters. The molecule has 0 aliphatic heterocycles. The Kier molecular flexibility index (Phi) is 3.37. The van der Waals surface area contributed by atoms with Gasteiger partial charge in [0.15, 0.2) is 0 Å². The fourth-order valence-electron chi connectivity index (χ4n) is 1.93. The Labute approximate surface area is 115 Å². The lowest BCUT2D eigenvalue weighted by Gasteiger charge is -1.99. The molecule has 3 rings (SSSR count). The molecular formula is C16H12FN3. The maximum Gasteiger partial charge on any atom is 0.123 e. The van der Waals surface area contributed by atoms with Crippen LogP contribution < -0.4 is 0 Å². The molecule has 4 heteroatoms. The lowest BCUT2D eigenvalue weighted by atomic mass is 10.1. The molecule has 0 spiro atoms. The summed E-state index contributed by atoms with van der Waals surface area (Å²) >= 11 is 0. The van der Waals surface area contributed by atoms with Crippen molar-refractivity contribution in [3.63, 3.8) is 0 Å². The molecule has 1 aromatic carbocycles. The van der Waals surface area contributed by atoms with E-state index in [4.69, 9.17) is 0 Å². The minimum atomic E-state index is -0.249. The maximum atomic E-state index is 13.0. The van der Waals surface area contributed by atoms with E-state index in [0.29, 0.717) is 0 Å². The first-order valence-electron chi connectivity index (χ1n) is 6.20. The number of hydrogen-bond acceptors (Lipinski definition) is 2. The molecule has 0 aliphatic rings. The van der Waals surface area contributed by atoms with Crippen molar-refractivity contribution >= 4 is 12.2 Å². The van der Waals surface area contributed by atoms with Gasteiger partial charge in [0.25, 0.3) is 0 Å². The van der Waals surface area contributed by atoms with Crippen LogP contribution in [0.5, 0.6) is 0 Å². The van der Waals surface area contributed by atoms with E-state index >= 15 is 0 Å². The quantitative estimate of drug-likeness (QED) is 0.783. The largest absolute Gasteiger partial charge is 0.277 e. The molecule has 0 fully saturated rings. The van der Waals surface area contributed by atoms with Gasteiger partial charge in [-0.25, -0.2) is 4.39 Å². The van der Waals surface area contributed by atoms with E-state index in [9.17, 15) is 4.39 Å². The molecule has 0 bridgehead atoms. The summed E-state index contributed by atoms with van der Waals surface area (Å²) in [6, 6.07) is 10.2. The second-order valence-corrected chi connectivity index (χ2v) is 4.33. The van der Waals surface area contributed by atoms with Gasteiger partial charge in [-0.15, -0.1) is 0 Å². The van der Waals surface area contributed by atoms with Crippen LogP contribution >= 0.6 is 0 Å². The monoisotopic (exact) mass is 265 g/mol. The van der Waals surface area contributed by atoms with Crippen molar-refractivity contribution in [1.29, 1.82) is 0 Å². The van der Waals surface area contributed by atoms with Crippen LogP contribution in [0.25, 0.3) is 23.4 Å². The number of H-pyrrole nitrogens is 1. The Morgan fingerprint density at radius 1 is 1.00 bits per heavy atom. The number of nitrogens with one attached hydrogen (secondary N) is 1. The molecule has 1 N–H and O–H groups in total. The van der Waals surface area contributed by atoms with E-state index in [2.05, 4.69) is 15.2 Å². The zero-order valence-corrected chi connectivity index (χ0v) is 10.6. The molecule has 3 nitrogen and oxygen atoms in total. The van der Waals surface area contributed by atoms with Gasteiger partial charge in [0.05, 0.1) is 11.9 Å². The summed E-state index contributed by atoms with van der Waals surface area (Å²) in [7, 11) is 0. The minimum absolute atomic E-state index is 0.249. The lowest BCUT2D eigenvalue weighted by Crippen LogP contribution is -1.82. The van der Waals surface area contributed by atoms with Crippen molar-refractivity contribution in [1.82, 2.24) is 15.2 Å². The van der Waals surface area contributed by atoms with Gasteiger partial charge in [0.2, 0.25) is 0 Å². The highest BCUT2D eigenvalue weighted by Gasteiger charge is 2.05. The first-order valence-corrected chi connectivity index (χ1v) is 6.20. The van der Waals surface area contributed by atoms with Crippen LogP contribution in [0.15, 0.2) is 55.0 Å². The molecule has 2 aromatic heterocycles. The second-order valence-electron chi connectivity index (χ2n) is 4.33. The molecule has 0 aliphatic carbocycles. The van der Waals surface area contributed by atoms with Crippen LogP contribution in [-0.2, 0) is 0 Å². The number of rotatable bonds is 3. The van der Waals surface area contributed by atoms with Gasteiger partial charge in [0, 0.05) is 23.5 Å². The van der Waals surface area contributed by atoms with E-state index in [1.807, 2.05) is 24.3 Å². The van der Waals surface area contributed by atoms with Crippen LogP contribution in [0.3, 0.4) is 0 Å². The average Bonchev–Trinajstić information content (AvgIpc) is 2.95. The van der Waals surface area contributed by atoms with Gasteiger partial charge in [0.1, 0.15) is 5.82 Å². The summed E-state index contributed by atoms with van der Waals surface area (Å²) < 4.78 is 13.0. The molecule has 0 amide bonds. The zero-order chi connectivity index (χ0) is 13.8. The van der Waals surface area contributed by atoms with Gasteiger partial charge in [-0.3, -0.25) is 10.1 Å². The Hall–Kier alpha value is -2.75. The van der Waals surface area contributed by atoms with Gasteiger partial charge >= 0.3 is 0 Å². The molecular weight excluding hydrogens is 253 g/mol. The number of nitrogens with zero attached hydrogens (tertiary/aromatic N) is 2. The van der Waals surface area contributed by atoms with E-state index in [-0.39, 0.29) is 5.82 Å². The van der Waals surface area contributed by atoms with Crippen LogP contribution in [-0.4, -0.2) is 15.2 Å². The Morgan fingerprint density at radius 3 is 2.60 bits per heavy atom. The Morgan fingerprint density at radius 2 is 1.85 bits per heavy atom. The molecule has 20 heavy (non-hydrogen) atoms. The van der Waals surface area contributed by atoms with Crippen molar-refractivity contribution in [3.8, 4) is 11.3 Å². The molecule has 0 saturated carbocycles. The van der Waals surface area contributed by atoms with Crippen molar-refractivity contribution in [3.05, 3.63) is 71.9 Å². The lowest BCUT2D eigenvalue weighted by molar-refractivity contribution is 0.628. The normalized spacial score (nSPS) is 11.1. The Balaban J connectivity index is 1.91. The zero-order valence-electron chi connectivity index (χ0n) is 10.6. The summed E-state index contributed by atoms with van der Waals surface area (Å²) in [5.41, 5.74) is 3.72. The van der Waals surface area contributed by atoms with Crippen LogP contribution in [0.2, 0.25) is 0 Å². The van der Waals surface area contributed by atoms with Gasteiger partial charge in [-0.2, -0.15) is 5.10 Å². The minimum Gasteiger partial charge on any atom is -0.277 e. The summed E-state index contributed by atoms with van der Waals surface area (Å²) in [5.74, 6) is -0.249. The van der Waals surface area contributed by atoms with Gasteiger partial charge < -0.3 is 0 Å². The second kappa shape index (κ2) is 5.48. The summed E-state index contributed by atoms with van der Waals surface area (Å²) in [6.07, 6.45) is 9.18. The number of aromatic nitrogens is 3. The predicted octanol–water partition coefficient (Wildman–Crippen LogP) is 3.78. The molecule has 0 saturated heterocycles. The highest BCUT2D eigenvalue weighted by molar-refractivity contribution is 5.78. The van der Waals surface area contributed by atoms with Crippen LogP contribution in [0, 0.1) is 5.82 Å². The fourth-order valence-corrected chi connectivity index (χ4v) is 1.93. The first kappa shape index (κ1) is 12.3. The van der Waals surface area contributed by atoms with Crippen molar-refractivity contribution < 1.29 is 4.39 Å². The third-order valence-electron chi connectivity index (χ3n) is 2.94. The molecule has 3 aromatic rings. The van der Waals surface area contributed by atoms with Crippen LogP contribution in [0.1, 0.15) is 11.1 Å². The van der Waals surface area contributed by atoms with Crippen molar-refractivity contribution in [2.75, 3.05) is 0 Å². The van der Waals surface area contributed by atoms with Crippen LogP contribution in [0.4, 0.5) is 4.39 Å². The molecule has 0 radical (unpaired) electrons. The average molecular weight is 265 g/mol. The number of benzene rings is 1. The number of pyridine rings is 1. The smallest absolute Gasteiger partial charge is 0.123 e. The van der Waals surface area contributed by atoms with E-state index in [1.54, 1.807) is 30.7 Å². The van der Waals surface area contributed by atoms with Crippen molar-refractivity contribution in [2.24, 2.45) is 0 Å². The van der Waals surface area contributed by atoms with E-state index in [1.165, 1.54) is 12.1 Å². The summed E-state index contributed by atoms with van der Waals surface area (Å²) in [4.78, 5) is 4.06. The highest BCUT2D eigenvalue weighted by Crippen LogP contribution is 2.22. The number of halogens is 1. The van der Waals surface area contributed by atoms with Gasteiger partial charge in [-0.05, 0) is 35.9 Å². The molecule has 98 valence electrons. The summed E-state index contributed by atoms with van der Waals surface area (Å²) in [5, 5.41) is 6.99. The third kappa shape index (κ3) is 2.64. The highest BCUT2D eigenvalue weighted by atomic mass is 19.1. The molecule has 2 heterocycles. The maximum absolute atomic E-state index is 13.0. The summed E-state index contributed by atoms with van der Waals surface area (Å²) in [6.45, 7) is 0. The van der Waals surface area contributed by atoms with E-state index in [0.717, 1.165) is 22.4 Å². The SMILES string of the molecule is Fc1ccc(-c2[nH]ncc2/C=C/c2cccnc2)cc1. The van der Waals surface area contributed by atoms with Gasteiger partial charge in [-0.1, -0.05) is 18.2 Å². The predicted molar refractivity (Wildman–Crippen MR) is 77.1 cm³/mol.